The van der Waals surface area contributed by atoms with Gasteiger partial charge in [0.15, 0.2) is 0 Å². The van der Waals surface area contributed by atoms with Crippen LogP contribution in [0.15, 0.2) is 60.7 Å². The van der Waals surface area contributed by atoms with Crippen molar-refractivity contribution in [2.24, 2.45) is 0 Å². The van der Waals surface area contributed by atoms with E-state index in [0.717, 1.165) is 53.4 Å². The fourth-order valence-electron chi connectivity index (χ4n) is 6.18. The Morgan fingerprint density at radius 3 is 2.86 bits per heavy atom. The minimum Gasteiger partial charge on any atom is -0.493 e. The Hall–Kier alpha value is -3.35. The lowest BCUT2D eigenvalue weighted by Gasteiger charge is -2.36. The molecular formula is C31H31N3O2S. The van der Waals surface area contributed by atoms with E-state index in [-0.39, 0.29) is 11.9 Å². The predicted molar refractivity (Wildman–Crippen MR) is 149 cm³/mol. The fourth-order valence-corrected chi connectivity index (χ4v) is 7.14. The average Bonchev–Trinajstić information content (AvgIpc) is 3.73. The van der Waals surface area contributed by atoms with Gasteiger partial charge in [0.2, 0.25) is 5.91 Å². The minimum atomic E-state index is -0.145. The summed E-state index contributed by atoms with van der Waals surface area (Å²) in [5, 5.41) is 1.26. The van der Waals surface area contributed by atoms with Crippen molar-refractivity contribution >= 4 is 34.2 Å². The van der Waals surface area contributed by atoms with Gasteiger partial charge >= 0.3 is 0 Å². The van der Waals surface area contributed by atoms with E-state index < -0.39 is 0 Å². The fraction of sp³-hybridized carbons (Fsp3) is 0.323. The van der Waals surface area contributed by atoms with Crippen molar-refractivity contribution in [2.45, 2.75) is 38.3 Å². The molecule has 37 heavy (non-hydrogen) atoms. The van der Waals surface area contributed by atoms with Crippen LogP contribution < -0.4 is 4.74 Å². The van der Waals surface area contributed by atoms with Gasteiger partial charge in [0.05, 0.1) is 12.6 Å². The zero-order valence-electron chi connectivity index (χ0n) is 20.9. The third-order valence-corrected chi connectivity index (χ3v) is 9.03. The summed E-state index contributed by atoms with van der Waals surface area (Å²) in [5.74, 6) is 1.03. The number of fused-ring (bicyclic) bond motifs is 4. The van der Waals surface area contributed by atoms with Gasteiger partial charge in [0.25, 0.3) is 0 Å². The van der Waals surface area contributed by atoms with Gasteiger partial charge in [-0.1, -0.05) is 24.3 Å². The highest BCUT2D eigenvalue weighted by atomic mass is 32.1. The number of thiophene rings is 1. The number of hydrogen-bond donors (Lipinski definition) is 1. The lowest BCUT2D eigenvalue weighted by Crippen LogP contribution is -2.39. The number of benzene rings is 2. The van der Waals surface area contributed by atoms with Crippen molar-refractivity contribution in [3.63, 3.8) is 0 Å². The van der Waals surface area contributed by atoms with Crippen LogP contribution >= 0.6 is 11.3 Å². The topological polar surface area (TPSA) is 48.6 Å². The normalized spacial score (nSPS) is 19.5. The number of hydrogen-bond acceptors (Lipinski definition) is 4. The van der Waals surface area contributed by atoms with E-state index in [0.29, 0.717) is 6.54 Å². The molecular weight excluding hydrogens is 478 g/mol. The predicted octanol–water partition coefficient (Wildman–Crippen LogP) is 5.95. The molecule has 4 aromatic rings. The van der Waals surface area contributed by atoms with Crippen molar-refractivity contribution in [1.29, 1.82) is 0 Å². The third-order valence-electron chi connectivity index (χ3n) is 8.00. The van der Waals surface area contributed by atoms with Crippen LogP contribution in [0.5, 0.6) is 5.75 Å². The SMILES string of the molecule is O=C(C=Cc1ccc(CN2CCCC2)s1)N1CCc2c([nH]c3ccccc23)[C@H]1c1ccc2c(c1)CCO2. The molecule has 1 atom stereocenters. The van der Waals surface area contributed by atoms with Gasteiger partial charge in [0, 0.05) is 51.9 Å². The molecule has 0 saturated carbocycles. The summed E-state index contributed by atoms with van der Waals surface area (Å²) in [4.78, 5) is 24.4. The van der Waals surface area contributed by atoms with Crippen molar-refractivity contribution in [3.05, 3.63) is 92.8 Å². The van der Waals surface area contributed by atoms with Gasteiger partial charge in [-0.15, -0.1) is 11.3 Å². The second-order valence-corrected chi connectivity index (χ2v) is 11.5. The number of aromatic amines is 1. The molecule has 7 rings (SSSR count). The molecule has 5 nitrogen and oxygen atoms in total. The maximum Gasteiger partial charge on any atom is 0.247 e. The van der Waals surface area contributed by atoms with Crippen molar-refractivity contribution < 1.29 is 9.53 Å². The minimum absolute atomic E-state index is 0.0561. The Balaban J connectivity index is 1.19. The number of likely N-dealkylation sites (tertiary alicyclic amines) is 1. The molecule has 0 aliphatic carbocycles. The largest absolute Gasteiger partial charge is 0.493 e. The number of carbonyl (C=O) groups excluding carboxylic acids is 1. The second kappa shape index (κ2) is 9.51. The Kier molecular flexibility index (Phi) is 5.86. The van der Waals surface area contributed by atoms with E-state index >= 15 is 0 Å². The van der Waals surface area contributed by atoms with Crippen LogP contribution in [0.4, 0.5) is 0 Å². The van der Waals surface area contributed by atoms with Gasteiger partial charge in [-0.25, -0.2) is 0 Å². The molecule has 1 N–H and O–H groups in total. The summed E-state index contributed by atoms with van der Waals surface area (Å²) >= 11 is 1.79. The Morgan fingerprint density at radius 1 is 1.05 bits per heavy atom. The lowest BCUT2D eigenvalue weighted by atomic mass is 9.91. The quantitative estimate of drug-likeness (QED) is 0.338. The summed E-state index contributed by atoms with van der Waals surface area (Å²) in [6, 6.07) is 19.1. The molecule has 3 aliphatic heterocycles. The molecule has 2 aromatic carbocycles. The number of rotatable bonds is 5. The highest BCUT2D eigenvalue weighted by Crippen LogP contribution is 2.40. The van der Waals surface area contributed by atoms with Gasteiger partial charge in [0.1, 0.15) is 5.75 Å². The number of amides is 1. The molecule has 0 radical (unpaired) electrons. The number of ether oxygens (including phenoxy) is 1. The van der Waals surface area contributed by atoms with Gasteiger partial charge in [-0.2, -0.15) is 0 Å². The van der Waals surface area contributed by atoms with E-state index in [1.54, 1.807) is 17.4 Å². The van der Waals surface area contributed by atoms with Crippen LogP contribution in [0.25, 0.3) is 17.0 Å². The van der Waals surface area contributed by atoms with Crippen LogP contribution in [0.3, 0.4) is 0 Å². The Morgan fingerprint density at radius 2 is 1.95 bits per heavy atom. The van der Waals surface area contributed by atoms with Crippen molar-refractivity contribution in [1.82, 2.24) is 14.8 Å². The molecule has 188 valence electrons. The first-order chi connectivity index (χ1) is 18.2. The van der Waals surface area contributed by atoms with Crippen LogP contribution in [0.1, 0.15) is 51.0 Å². The Labute approximate surface area is 221 Å². The molecule has 6 heteroatoms. The lowest BCUT2D eigenvalue weighted by molar-refractivity contribution is -0.128. The molecule has 3 aliphatic rings. The Bertz CT molecular complexity index is 1490. The number of aromatic nitrogens is 1. The number of nitrogens with zero attached hydrogens (tertiary/aromatic N) is 2. The molecule has 0 spiro atoms. The zero-order valence-corrected chi connectivity index (χ0v) is 21.7. The smallest absolute Gasteiger partial charge is 0.247 e. The standard InChI is InChI=1S/C31H31N3O2S/c35-29(12-10-23-8-9-24(37-23)20-33-15-3-4-16-33)34-17-13-26-25-5-1-2-6-27(25)32-30(26)31(34)22-7-11-28-21(19-22)14-18-36-28/h1-2,5-12,19,31-32H,3-4,13-18,20H2/t31-/m1/s1. The molecule has 0 bridgehead atoms. The second-order valence-electron chi connectivity index (χ2n) is 10.3. The van der Waals surface area contributed by atoms with Crippen LogP contribution in [0.2, 0.25) is 0 Å². The number of nitrogens with one attached hydrogen (secondary N) is 1. The molecule has 1 saturated heterocycles. The summed E-state index contributed by atoms with van der Waals surface area (Å²) < 4.78 is 5.76. The monoisotopic (exact) mass is 509 g/mol. The van der Waals surface area contributed by atoms with Crippen molar-refractivity contribution in [3.8, 4) is 5.75 Å². The van der Waals surface area contributed by atoms with Gasteiger partial charge < -0.3 is 14.6 Å². The van der Waals surface area contributed by atoms with E-state index in [4.69, 9.17) is 4.74 Å². The van der Waals surface area contributed by atoms with E-state index in [2.05, 4.69) is 64.5 Å². The maximum atomic E-state index is 13.7. The molecule has 5 heterocycles. The highest BCUT2D eigenvalue weighted by Gasteiger charge is 2.34. The number of para-hydroxylation sites is 1. The average molecular weight is 510 g/mol. The third kappa shape index (κ3) is 4.28. The van der Waals surface area contributed by atoms with E-state index in [1.807, 2.05) is 11.0 Å². The molecule has 2 aromatic heterocycles. The first-order valence-corrected chi connectivity index (χ1v) is 14.2. The summed E-state index contributed by atoms with van der Waals surface area (Å²) in [7, 11) is 0. The molecule has 1 amide bonds. The van der Waals surface area contributed by atoms with E-state index in [9.17, 15) is 4.79 Å². The van der Waals surface area contributed by atoms with Gasteiger partial charge in [-0.05, 0) is 85.5 Å². The number of H-pyrrole nitrogens is 1. The van der Waals surface area contributed by atoms with Gasteiger partial charge in [-0.3, -0.25) is 9.69 Å². The van der Waals surface area contributed by atoms with Crippen LogP contribution in [-0.2, 0) is 24.2 Å². The highest BCUT2D eigenvalue weighted by molar-refractivity contribution is 7.12. The summed E-state index contributed by atoms with van der Waals surface area (Å²) in [5.41, 5.74) is 5.97. The molecule has 0 unspecified atom stereocenters. The zero-order chi connectivity index (χ0) is 24.8. The van der Waals surface area contributed by atoms with Crippen LogP contribution in [-0.4, -0.2) is 46.9 Å². The first kappa shape index (κ1) is 22.8. The number of carbonyl (C=O) groups is 1. The first-order valence-electron chi connectivity index (χ1n) is 13.4. The summed E-state index contributed by atoms with van der Waals surface area (Å²) in [6.07, 6.45) is 8.14. The van der Waals surface area contributed by atoms with Crippen molar-refractivity contribution in [2.75, 3.05) is 26.2 Å². The van der Waals surface area contributed by atoms with E-state index in [1.165, 1.54) is 47.3 Å². The van der Waals surface area contributed by atoms with Crippen LogP contribution in [0, 0.1) is 0 Å². The maximum absolute atomic E-state index is 13.7. The molecule has 1 fully saturated rings. The summed E-state index contributed by atoms with van der Waals surface area (Å²) in [6.45, 7) is 4.84.